The number of rotatable bonds is 2. The molecule has 0 unspecified atom stereocenters. The molecule has 0 saturated heterocycles. The molecule has 3 aromatic rings. The van der Waals surface area contributed by atoms with Gasteiger partial charge in [-0.3, -0.25) is 4.79 Å². The molecule has 0 N–H and O–H groups in total. The van der Waals surface area contributed by atoms with Gasteiger partial charge >= 0.3 is 0 Å². The van der Waals surface area contributed by atoms with Gasteiger partial charge < -0.3 is 4.57 Å². The molecule has 1 amide bonds. The summed E-state index contributed by atoms with van der Waals surface area (Å²) < 4.78 is 2.95. The highest BCUT2D eigenvalue weighted by atomic mass is 79.9. The number of thiazole rings is 1. The number of aromatic nitrogens is 1. The van der Waals surface area contributed by atoms with E-state index in [0.29, 0.717) is 5.56 Å². The molecule has 25 heavy (non-hydrogen) atoms. The quantitative estimate of drug-likeness (QED) is 0.592. The molecule has 0 radical (unpaired) electrons. The van der Waals surface area contributed by atoms with Crippen molar-refractivity contribution in [2.75, 3.05) is 0 Å². The van der Waals surface area contributed by atoms with E-state index < -0.39 is 0 Å². The van der Waals surface area contributed by atoms with Gasteiger partial charge in [-0.2, -0.15) is 4.99 Å². The number of hydrogen-bond donors (Lipinski definition) is 0. The molecule has 0 spiro atoms. The lowest BCUT2D eigenvalue weighted by molar-refractivity contribution is 0.0997. The van der Waals surface area contributed by atoms with Crippen molar-refractivity contribution in [1.82, 2.24) is 4.57 Å². The zero-order chi connectivity index (χ0) is 17.4. The van der Waals surface area contributed by atoms with Crippen LogP contribution in [0, 0.1) is 0 Å². The number of carbonyl (C=O) groups excluding carboxylic acids is 1. The number of fused-ring (bicyclic) bond motifs is 3. The number of aryl methyl sites for hydroxylation is 2. The van der Waals surface area contributed by atoms with E-state index in [9.17, 15) is 4.79 Å². The molecule has 1 aliphatic carbocycles. The molecule has 126 valence electrons. The van der Waals surface area contributed by atoms with Crippen molar-refractivity contribution < 1.29 is 4.79 Å². The fourth-order valence-corrected chi connectivity index (χ4v) is 4.96. The highest BCUT2D eigenvalue weighted by Crippen LogP contribution is 2.34. The molecular formula is C20H17BrN2OS. The number of halogens is 1. The summed E-state index contributed by atoms with van der Waals surface area (Å²) in [6.45, 7) is 2.90. The third-order valence-corrected chi connectivity index (χ3v) is 6.32. The summed E-state index contributed by atoms with van der Waals surface area (Å²) in [5, 5.41) is 0. The molecule has 0 saturated carbocycles. The van der Waals surface area contributed by atoms with Crippen molar-refractivity contribution in [3.63, 3.8) is 0 Å². The summed E-state index contributed by atoms with van der Waals surface area (Å²) in [5.74, 6) is -0.207. The summed E-state index contributed by atoms with van der Waals surface area (Å²) in [6.07, 6.45) is 2.06. The molecule has 4 rings (SSSR count). The maximum absolute atomic E-state index is 12.7. The van der Waals surface area contributed by atoms with Crippen LogP contribution in [-0.2, 0) is 19.4 Å². The molecule has 2 aromatic carbocycles. The molecular weight excluding hydrogens is 396 g/mol. The molecule has 0 aliphatic heterocycles. The maximum Gasteiger partial charge on any atom is 0.280 e. The minimum Gasteiger partial charge on any atom is -0.316 e. The molecule has 5 heteroatoms. The zero-order valence-electron chi connectivity index (χ0n) is 13.8. The highest BCUT2D eigenvalue weighted by Gasteiger charge is 2.22. The number of carbonyl (C=O) groups is 1. The zero-order valence-corrected chi connectivity index (χ0v) is 16.2. The summed E-state index contributed by atoms with van der Waals surface area (Å²) in [4.78, 5) is 19.2. The van der Waals surface area contributed by atoms with Gasteiger partial charge in [0.05, 0.1) is 11.3 Å². The normalized spacial score (nSPS) is 13.4. The summed E-state index contributed by atoms with van der Waals surface area (Å²) in [5.41, 5.74) is 4.47. The lowest BCUT2D eigenvalue weighted by Gasteiger charge is -2.17. The van der Waals surface area contributed by atoms with Crippen LogP contribution in [0.2, 0.25) is 0 Å². The summed E-state index contributed by atoms with van der Waals surface area (Å²) >= 11 is 5.08. The van der Waals surface area contributed by atoms with Crippen molar-refractivity contribution in [2.24, 2.45) is 4.99 Å². The van der Waals surface area contributed by atoms with Gasteiger partial charge in [0, 0.05) is 21.5 Å². The van der Waals surface area contributed by atoms with E-state index >= 15 is 0 Å². The average Bonchev–Trinajstić information content (AvgIpc) is 2.99. The van der Waals surface area contributed by atoms with E-state index in [1.54, 1.807) is 17.4 Å². The van der Waals surface area contributed by atoms with Crippen LogP contribution >= 0.6 is 27.3 Å². The highest BCUT2D eigenvalue weighted by molar-refractivity contribution is 9.10. The fourth-order valence-electron chi connectivity index (χ4n) is 3.30. The van der Waals surface area contributed by atoms with Crippen LogP contribution in [0.3, 0.4) is 0 Å². The van der Waals surface area contributed by atoms with Crippen LogP contribution in [0.5, 0.6) is 0 Å². The number of amides is 1. The minimum atomic E-state index is -0.207. The first-order chi connectivity index (χ1) is 12.2. The monoisotopic (exact) mass is 412 g/mol. The van der Waals surface area contributed by atoms with E-state index in [4.69, 9.17) is 0 Å². The molecule has 1 aromatic heterocycles. The van der Waals surface area contributed by atoms with Crippen LogP contribution in [-0.4, -0.2) is 10.5 Å². The van der Waals surface area contributed by atoms with E-state index in [1.165, 1.54) is 21.7 Å². The van der Waals surface area contributed by atoms with Crippen molar-refractivity contribution in [1.29, 1.82) is 0 Å². The Morgan fingerprint density at radius 3 is 2.72 bits per heavy atom. The van der Waals surface area contributed by atoms with Crippen molar-refractivity contribution >= 4 is 33.2 Å². The third kappa shape index (κ3) is 2.92. The number of hydrogen-bond acceptors (Lipinski definition) is 2. The van der Waals surface area contributed by atoms with Gasteiger partial charge in [-0.05, 0) is 53.4 Å². The SMILES string of the molecule is CCn1c2c(sc1=NC(=O)c1ccccc1Br)CCc1ccccc1-2. The first-order valence-electron chi connectivity index (χ1n) is 8.33. The predicted molar refractivity (Wildman–Crippen MR) is 105 cm³/mol. The molecule has 3 nitrogen and oxygen atoms in total. The van der Waals surface area contributed by atoms with Gasteiger partial charge in [0.25, 0.3) is 5.91 Å². The van der Waals surface area contributed by atoms with Gasteiger partial charge in [-0.1, -0.05) is 36.4 Å². The molecule has 1 aliphatic rings. The molecule has 0 fully saturated rings. The largest absolute Gasteiger partial charge is 0.316 e. The summed E-state index contributed by atoms with van der Waals surface area (Å²) in [7, 11) is 0. The Labute approximate surface area is 158 Å². The smallest absolute Gasteiger partial charge is 0.280 e. The Kier molecular flexibility index (Phi) is 4.44. The molecule has 0 atom stereocenters. The van der Waals surface area contributed by atoms with E-state index in [-0.39, 0.29) is 5.91 Å². The molecule has 1 heterocycles. The van der Waals surface area contributed by atoms with Gasteiger partial charge in [-0.15, -0.1) is 11.3 Å². The van der Waals surface area contributed by atoms with Crippen LogP contribution < -0.4 is 4.80 Å². The lowest BCUT2D eigenvalue weighted by Crippen LogP contribution is -2.18. The van der Waals surface area contributed by atoms with Crippen molar-refractivity contribution in [2.45, 2.75) is 26.3 Å². The average molecular weight is 413 g/mol. The Morgan fingerprint density at radius 1 is 1.16 bits per heavy atom. The Morgan fingerprint density at radius 2 is 1.92 bits per heavy atom. The van der Waals surface area contributed by atoms with Gasteiger partial charge in [0.15, 0.2) is 4.80 Å². The minimum absolute atomic E-state index is 0.207. The summed E-state index contributed by atoms with van der Waals surface area (Å²) in [6, 6.07) is 16.0. The van der Waals surface area contributed by atoms with Gasteiger partial charge in [-0.25, -0.2) is 0 Å². The van der Waals surface area contributed by atoms with Crippen LogP contribution in [0.15, 0.2) is 58.0 Å². The fraction of sp³-hybridized carbons (Fsp3) is 0.200. The topological polar surface area (TPSA) is 34.4 Å². The van der Waals surface area contributed by atoms with E-state index in [2.05, 4.69) is 56.7 Å². The number of benzene rings is 2. The van der Waals surface area contributed by atoms with Crippen molar-refractivity contribution in [3.8, 4) is 11.3 Å². The maximum atomic E-state index is 12.7. The Bertz CT molecular complexity index is 1030. The van der Waals surface area contributed by atoms with E-state index in [1.807, 2.05) is 18.2 Å². The molecule has 0 bridgehead atoms. The predicted octanol–water partition coefficient (Wildman–Crippen LogP) is 4.84. The van der Waals surface area contributed by atoms with Crippen LogP contribution in [0.1, 0.15) is 27.7 Å². The Balaban J connectivity index is 1.87. The third-order valence-electron chi connectivity index (χ3n) is 4.49. The second-order valence-electron chi connectivity index (χ2n) is 5.95. The van der Waals surface area contributed by atoms with Crippen LogP contribution in [0.4, 0.5) is 0 Å². The van der Waals surface area contributed by atoms with Crippen molar-refractivity contribution in [3.05, 3.63) is 73.8 Å². The van der Waals surface area contributed by atoms with Gasteiger partial charge in [0.2, 0.25) is 0 Å². The van der Waals surface area contributed by atoms with Gasteiger partial charge in [0.1, 0.15) is 0 Å². The standard InChI is InChI=1S/C20H17BrN2OS/c1-2-23-18-14-8-4-3-7-13(14)11-12-17(18)25-20(23)22-19(24)15-9-5-6-10-16(15)21/h3-10H,2,11-12H2,1H3. The number of nitrogens with zero attached hydrogens (tertiary/aromatic N) is 2. The lowest BCUT2D eigenvalue weighted by atomic mass is 9.93. The second-order valence-corrected chi connectivity index (χ2v) is 7.87. The van der Waals surface area contributed by atoms with E-state index in [0.717, 1.165) is 28.7 Å². The second kappa shape index (κ2) is 6.73. The first kappa shape index (κ1) is 16.5. The Hall–Kier alpha value is -1.98. The first-order valence-corrected chi connectivity index (χ1v) is 9.94. The van der Waals surface area contributed by atoms with Crippen LogP contribution in [0.25, 0.3) is 11.3 Å².